The largest absolute Gasteiger partial charge is 0.490 e. The van der Waals surface area contributed by atoms with E-state index >= 15 is 0 Å². The Kier molecular flexibility index (Phi) is 12.5. The SMILES string of the molecule is Cc1ccc(SCCCCC(=O)N(C)C[C@H](O)[C@@H](O)[C@H](O)[C@H](O)CO)nc1COC1(c2cnccc2-c2ccccc2OC2CC2)CC1. The van der Waals surface area contributed by atoms with Crippen molar-refractivity contribution < 1.29 is 39.8 Å². The van der Waals surface area contributed by atoms with Crippen LogP contribution >= 0.6 is 11.8 Å². The molecule has 0 unspecified atom stereocenters. The Morgan fingerprint density at radius 2 is 1.77 bits per heavy atom. The van der Waals surface area contributed by atoms with Crippen LogP contribution in [0.5, 0.6) is 5.75 Å². The summed E-state index contributed by atoms with van der Waals surface area (Å²) in [5.74, 6) is 1.46. The molecule has 2 aliphatic carbocycles. The summed E-state index contributed by atoms with van der Waals surface area (Å²) in [7, 11) is 1.51. The zero-order valence-electron chi connectivity index (χ0n) is 27.6. The van der Waals surface area contributed by atoms with Gasteiger partial charge >= 0.3 is 0 Å². The number of unbranched alkanes of at least 4 members (excludes halogenated alkanes) is 1. The lowest BCUT2D eigenvalue weighted by atomic mass is 9.96. The Balaban J connectivity index is 1.10. The Labute approximate surface area is 286 Å². The first-order valence-corrected chi connectivity index (χ1v) is 17.6. The molecule has 2 heterocycles. The number of aliphatic hydroxyl groups excluding tert-OH is 5. The molecule has 3 aromatic rings. The molecule has 2 aliphatic rings. The smallest absolute Gasteiger partial charge is 0.222 e. The molecule has 11 nitrogen and oxygen atoms in total. The lowest BCUT2D eigenvalue weighted by Gasteiger charge is -2.28. The minimum Gasteiger partial charge on any atom is -0.490 e. The average Bonchev–Trinajstić information content (AvgIpc) is 4.05. The summed E-state index contributed by atoms with van der Waals surface area (Å²) < 4.78 is 12.9. The highest BCUT2D eigenvalue weighted by atomic mass is 32.2. The molecule has 0 radical (unpaired) electrons. The fourth-order valence-corrected chi connectivity index (χ4v) is 6.43. The topological polar surface area (TPSA) is 166 Å². The summed E-state index contributed by atoms with van der Waals surface area (Å²) in [5.41, 5.74) is 4.75. The molecular formula is C36H47N3O8S. The number of rotatable bonds is 19. The maximum atomic E-state index is 12.5. The van der Waals surface area contributed by atoms with Gasteiger partial charge in [0.1, 0.15) is 30.2 Å². The van der Waals surface area contributed by atoms with E-state index < -0.39 is 36.6 Å². The molecule has 0 saturated heterocycles. The molecule has 0 aliphatic heterocycles. The number of carbonyl (C=O) groups is 1. The molecular weight excluding hydrogens is 634 g/mol. The van der Waals surface area contributed by atoms with Gasteiger partial charge in [-0.05, 0) is 80.5 Å². The van der Waals surface area contributed by atoms with E-state index in [1.165, 1.54) is 11.9 Å². The van der Waals surface area contributed by atoms with Crippen LogP contribution in [0.2, 0.25) is 0 Å². The Morgan fingerprint density at radius 3 is 2.50 bits per heavy atom. The van der Waals surface area contributed by atoms with Gasteiger partial charge in [-0.3, -0.25) is 9.78 Å². The molecule has 0 bridgehead atoms. The fourth-order valence-electron chi connectivity index (χ4n) is 5.54. The predicted octanol–water partition coefficient (Wildman–Crippen LogP) is 3.36. The minimum absolute atomic E-state index is 0.207. The van der Waals surface area contributed by atoms with Crippen molar-refractivity contribution in [3.63, 3.8) is 0 Å². The van der Waals surface area contributed by atoms with E-state index in [2.05, 4.69) is 17.1 Å². The molecule has 4 atom stereocenters. The van der Waals surface area contributed by atoms with E-state index in [9.17, 15) is 25.2 Å². The number of thioether (sulfide) groups is 1. The normalized spacial score (nSPS) is 17.7. The molecule has 1 amide bonds. The van der Waals surface area contributed by atoms with Crippen molar-refractivity contribution in [3.8, 4) is 16.9 Å². The number of hydrogen-bond donors (Lipinski definition) is 5. The second-order valence-electron chi connectivity index (χ2n) is 12.8. The van der Waals surface area contributed by atoms with Crippen LogP contribution in [0.1, 0.15) is 61.8 Å². The summed E-state index contributed by atoms with van der Waals surface area (Å²) in [5, 5.41) is 49.2. The number of aryl methyl sites for hydroxylation is 1. The standard InChI is InChI=1S/C36H47N3O8S/c1-23-10-13-32(48-18-6-5-9-33(43)39(2)20-29(41)34(44)35(45)30(42)21-40)38-28(23)22-46-36(15-16-36)27-19-37-17-14-25(27)26-7-3-4-8-31(26)47-24-11-12-24/h3-4,7-8,10,13-14,17,19,24,29-30,34-35,40-42,44-45H,5-6,9,11-12,15-16,18,20-22H2,1-2H3/t29-,30+,34+,35+/m0/s1. The van der Waals surface area contributed by atoms with Crippen LogP contribution in [-0.4, -0.2) is 103 Å². The van der Waals surface area contributed by atoms with Gasteiger partial charge in [0, 0.05) is 43.5 Å². The Hall–Kier alpha value is -3.10. The predicted molar refractivity (Wildman–Crippen MR) is 181 cm³/mol. The van der Waals surface area contributed by atoms with Crippen LogP contribution in [-0.2, 0) is 21.7 Å². The summed E-state index contributed by atoms with van der Waals surface area (Å²) in [6.45, 7) is 1.44. The third-order valence-electron chi connectivity index (χ3n) is 8.92. The Bertz CT molecular complexity index is 1520. The monoisotopic (exact) mass is 681 g/mol. The highest BCUT2D eigenvalue weighted by Crippen LogP contribution is 2.53. The Morgan fingerprint density at radius 1 is 1.02 bits per heavy atom. The first kappa shape index (κ1) is 36.2. The number of pyridine rings is 2. The minimum atomic E-state index is -1.73. The van der Waals surface area contributed by atoms with Crippen molar-refractivity contribution >= 4 is 17.7 Å². The number of aromatic nitrogens is 2. The van der Waals surface area contributed by atoms with Gasteiger partial charge in [-0.2, -0.15) is 0 Å². The van der Waals surface area contributed by atoms with Crippen molar-refractivity contribution in [2.24, 2.45) is 0 Å². The number of amides is 1. The summed E-state index contributed by atoms with van der Waals surface area (Å²) >= 11 is 1.62. The van der Waals surface area contributed by atoms with Crippen molar-refractivity contribution in [3.05, 3.63) is 71.7 Å². The number of nitrogens with zero attached hydrogens (tertiary/aromatic N) is 3. The molecule has 1 aromatic carbocycles. The summed E-state index contributed by atoms with van der Waals surface area (Å²) in [4.78, 5) is 23.2. The van der Waals surface area contributed by atoms with Gasteiger partial charge in [-0.25, -0.2) is 4.98 Å². The number of likely N-dealkylation sites (N-methyl/N-ethyl adjacent to an activating group) is 1. The van der Waals surface area contributed by atoms with E-state index in [0.29, 0.717) is 19.1 Å². The van der Waals surface area contributed by atoms with E-state index in [4.69, 9.17) is 19.6 Å². The molecule has 5 N–H and O–H groups in total. The molecule has 2 aromatic heterocycles. The van der Waals surface area contributed by atoms with Crippen LogP contribution in [0, 0.1) is 6.92 Å². The molecule has 0 spiro atoms. The maximum Gasteiger partial charge on any atom is 0.222 e. The van der Waals surface area contributed by atoms with Crippen LogP contribution in [0.25, 0.3) is 11.1 Å². The number of ether oxygens (including phenoxy) is 2. The average molecular weight is 682 g/mol. The molecule has 2 saturated carbocycles. The zero-order chi connectivity index (χ0) is 34.3. The van der Waals surface area contributed by atoms with Gasteiger partial charge in [0.25, 0.3) is 0 Å². The van der Waals surface area contributed by atoms with Gasteiger partial charge in [0.05, 0.1) is 35.6 Å². The van der Waals surface area contributed by atoms with Gasteiger partial charge < -0.3 is 39.9 Å². The van der Waals surface area contributed by atoms with Crippen LogP contribution in [0.4, 0.5) is 0 Å². The van der Waals surface area contributed by atoms with E-state index in [1.807, 2.05) is 49.6 Å². The molecule has 260 valence electrons. The van der Waals surface area contributed by atoms with E-state index in [-0.39, 0.29) is 18.9 Å². The first-order chi connectivity index (χ1) is 23.1. The third-order valence-corrected chi connectivity index (χ3v) is 9.94. The summed E-state index contributed by atoms with van der Waals surface area (Å²) in [6.07, 6.45) is 3.24. The van der Waals surface area contributed by atoms with Crippen molar-refractivity contribution in [1.82, 2.24) is 14.9 Å². The number of aliphatic hydroxyl groups is 5. The van der Waals surface area contributed by atoms with Crippen molar-refractivity contribution in [1.29, 1.82) is 0 Å². The quantitative estimate of drug-likeness (QED) is 0.0931. The van der Waals surface area contributed by atoms with Crippen LogP contribution in [0.3, 0.4) is 0 Å². The molecule has 5 rings (SSSR count). The highest BCUT2D eigenvalue weighted by Gasteiger charge is 2.48. The van der Waals surface area contributed by atoms with E-state index in [1.54, 1.807) is 11.8 Å². The van der Waals surface area contributed by atoms with Crippen LogP contribution in [0.15, 0.2) is 59.9 Å². The van der Waals surface area contributed by atoms with Gasteiger partial charge in [-0.1, -0.05) is 24.3 Å². The molecule has 12 heteroatoms. The van der Waals surface area contributed by atoms with Gasteiger partial charge in [0.15, 0.2) is 0 Å². The third kappa shape index (κ3) is 9.32. The fraction of sp³-hybridized carbons (Fsp3) is 0.528. The lowest BCUT2D eigenvalue weighted by molar-refractivity contribution is -0.138. The number of carbonyl (C=O) groups excluding carboxylic acids is 1. The number of hydrogen-bond acceptors (Lipinski definition) is 11. The second kappa shape index (κ2) is 16.5. The van der Waals surface area contributed by atoms with Gasteiger partial charge in [0.2, 0.25) is 5.91 Å². The molecule has 48 heavy (non-hydrogen) atoms. The number of para-hydroxylation sites is 1. The highest BCUT2D eigenvalue weighted by molar-refractivity contribution is 7.99. The summed E-state index contributed by atoms with van der Waals surface area (Å²) in [6, 6.07) is 14.3. The zero-order valence-corrected chi connectivity index (χ0v) is 28.4. The van der Waals surface area contributed by atoms with Gasteiger partial charge in [-0.15, -0.1) is 11.8 Å². The first-order valence-electron chi connectivity index (χ1n) is 16.6. The van der Waals surface area contributed by atoms with Crippen molar-refractivity contribution in [2.45, 2.75) is 99.6 Å². The molecule has 2 fully saturated rings. The van der Waals surface area contributed by atoms with Crippen molar-refractivity contribution in [2.75, 3.05) is 26.0 Å². The maximum absolute atomic E-state index is 12.5. The number of benzene rings is 1. The van der Waals surface area contributed by atoms with E-state index in [0.717, 1.165) is 76.6 Å². The van der Waals surface area contributed by atoms with Crippen LogP contribution < -0.4 is 4.74 Å². The second-order valence-corrected chi connectivity index (χ2v) is 13.9. The lowest BCUT2D eigenvalue weighted by Crippen LogP contribution is -2.49.